The molecule has 154 valence electrons. The number of nitrogens with one attached hydrogen (secondary N) is 1. The second-order valence-electron chi connectivity index (χ2n) is 7.35. The molecule has 0 saturated carbocycles. The van der Waals surface area contributed by atoms with Crippen LogP contribution in [-0.2, 0) is 14.3 Å². The molecule has 1 aromatic carbocycles. The van der Waals surface area contributed by atoms with Crippen LogP contribution in [0.25, 0.3) is 0 Å². The van der Waals surface area contributed by atoms with E-state index in [9.17, 15) is 23.9 Å². The predicted octanol–water partition coefficient (Wildman–Crippen LogP) is 2.44. The van der Waals surface area contributed by atoms with Gasteiger partial charge in [0.2, 0.25) is 0 Å². The molecule has 0 unspecified atom stereocenters. The van der Waals surface area contributed by atoms with Gasteiger partial charge in [0, 0.05) is 25.1 Å². The van der Waals surface area contributed by atoms with Crippen LogP contribution in [0.2, 0.25) is 5.02 Å². The van der Waals surface area contributed by atoms with Gasteiger partial charge in [-0.05, 0) is 32.9 Å². The van der Waals surface area contributed by atoms with Crippen molar-refractivity contribution in [2.45, 2.75) is 44.9 Å². The Kier molecular flexibility index (Phi) is 6.71. The van der Waals surface area contributed by atoms with Gasteiger partial charge in [-0.1, -0.05) is 11.6 Å². The number of likely N-dealkylation sites (tertiary alicyclic amines) is 1. The van der Waals surface area contributed by atoms with E-state index in [0.717, 1.165) is 11.0 Å². The summed E-state index contributed by atoms with van der Waals surface area (Å²) in [5.41, 5.74) is -0.775. The Balaban J connectivity index is 1.92. The van der Waals surface area contributed by atoms with Gasteiger partial charge in [0.05, 0.1) is 5.02 Å². The van der Waals surface area contributed by atoms with Gasteiger partial charge in [0.1, 0.15) is 23.2 Å². The third kappa shape index (κ3) is 5.98. The number of ether oxygens (including phenoxy) is 2. The average molecular weight is 417 g/mol. The summed E-state index contributed by atoms with van der Waals surface area (Å²) in [5.74, 6) is -2.26. The Morgan fingerprint density at radius 3 is 2.61 bits per heavy atom. The molecule has 1 saturated heterocycles. The van der Waals surface area contributed by atoms with E-state index in [1.165, 1.54) is 12.1 Å². The van der Waals surface area contributed by atoms with Crippen LogP contribution in [0.4, 0.5) is 9.18 Å². The van der Waals surface area contributed by atoms with E-state index in [-0.39, 0.29) is 23.7 Å². The Bertz CT molecular complexity index is 767. The van der Waals surface area contributed by atoms with Gasteiger partial charge in [-0.2, -0.15) is 0 Å². The summed E-state index contributed by atoms with van der Waals surface area (Å²) in [6.07, 6.45) is -0.722. The number of carbonyl (C=O) groups is 3. The molecule has 28 heavy (non-hydrogen) atoms. The summed E-state index contributed by atoms with van der Waals surface area (Å²) in [6.45, 7) is 4.61. The number of hydrogen-bond donors (Lipinski definition) is 2. The lowest BCUT2D eigenvalue weighted by Gasteiger charge is -2.26. The van der Waals surface area contributed by atoms with Crippen LogP contribution in [0.5, 0.6) is 5.75 Å². The van der Waals surface area contributed by atoms with Gasteiger partial charge < -0.3 is 19.9 Å². The van der Waals surface area contributed by atoms with Crippen LogP contribution in [0, 0.1) is 5.82 Å². The highest BCUT2D eigenvalue weighted by Gasteiger charge is 2.42. The molecule has 0 spiro atoms. The van der Waals surface area contributed by atoms with Gasteiger partial charge in [0.15, 0.2) is 6.61 Å². The molecule has 1 aromatic rings. The zero-order valence-electron chi connectivity index (χ0n) is 15.7. The Morgan fingerprint density at radius 1 is 1.36 bits per heavy atom. The molecule has 10 heteroatoms. The van der Waals surface area contributed by atoms with Crippen LogP contribution in [0.1, 0.15) is 27.2 Å². The molecule has 2 rings (SSSR count). The normalized spacial score (nSPS) is 19.2. The Hall–Kier alpha value is -2.55. The molecule has 1 aliphatic heterocycles. The van der Waals surface area contributed by atoms with Crippen molar-refractivity contribution in [2.75, 3.05) is 13.2 Å². The molecular formula is C18H22ClFN2O6. The average Bonchev–Trinajstić information content (AvgIpc) is 2.99. The molecule has 2 amide bonds. The summed E-state index contributed by atoms with van der Waals surface area (Å²) < 4.78 is 23.8. The fourth-order valence-electron chi connectivity index (χ4n) is 2.68. The number of amides is 2. The highest BCUT2D eigenvalue weighted by molar-refractivity contribution is 6.30. The van der Waals surface area contributed by atoms with Crippen molar-refractivity contribution in [3.05, 3.63) is 29.0 Å². The number of rotatable bonds is 5. The van der Waals surface area contributed by atoms with Crippen molar-refractivity contribution in [1.82, 2.24) is 10.2 Å². The number of carboxylic acids is 1. The summed E-state index contributed by atoms with van der Waals surface area (Å²) in [7, 11) is 0. The minimum absolute atomic E-state index is 0.00675. The summed E-state index contributed by atoms with van der Waals surface area (Å²) >= 11 is 5.57. The smallest absolute Gasteiger partial charge is 0.411 e. The van der Waals surface area contributed by atoms with Gasteiger partial charge >= 0.3 is 12.1 Å². The van der Waals surface area contributed by atoms with E-state index in [1.807, 2.05) is 0 Å². The third-order valence-electron chi connectivity index (χ3n) is 3.84. The molecule has 2 N–H and O–H groups in total. The first kappa shape index (κ1) is 21.7. The highest BCUT2D eigenvalue weighted by atomic mass is 35.5. The first-order chi connectivity index (χ1) is 13.0. The first-order valence-corrected chi connectivity index (χ1v) is 8.93. The van der Waals surface area contributed by atoms with Crippen molar-refractivity contribution >= 4 is 29.6 Å². The fourth-order valence-corrected chi connectivity index (χ4v) is 2.80. The molecule has 0 aliphatic carbocycles. The molecule has 1 aliphatic rings. The van der Waals surface area contributed by atoms with E-state index in [2.05, 4.69) is 5.32 Å². The highest BCUT2D eigenvalue weighted by Crippen LogP contribution is 2.22. The summed E-state index contributed by atoms with van der Waals surface area (Å²) in [6, 6.07) is 2.09. The number of carboxylic acid groups (broad SMARTS) is 1. The number of aliphatic carboxylic acids is 1. The third-order valence-corrected chi connectivity index (χ3v) is 4.15. The zero-order chi connectivity index (χ0) is 21.1. The van der Waals surface area contributed by atoms with Crippen molar-refractivity contribution in [3.8, 4) is 5.75 Å². The molecule has 0 bridgehead atoms. The lowest BCUT2D eigenvalue weighted by Crippen LogP contribution is -2.44. The topological polar surface area (TPSA) is 105 Å². The second kappa shape index (κ2) is 8.64. The molecule has 0 radical (unpaired) electrons. The van der Waals surface area contributed by atoms with Gasteiger partial charge in [0.25, 0.3) is 5.91 Å². The lowest BCUT2D eigenvalue weighted by atomic mass is 10.1. The maximum Gasteiger partial charge on any atom is 0.411 e. The molecule has 1 heterocycles. The number of nitrogens with zero attached hydrogens (tertiary/aromatic N) is 1. The molecule has 2 atom stereocenters. The molecular weight excluding hydrogens is 395 g/mol. The predicted molar refractivity (Wildman–Crippen MR) is 97.8 cm³/mol. The molecule has 8 nitrogen and oxygen atoms in total. The summed E-state index contributed by atoms with van der Waals surface area (Å²) in [4.78, 5) is 36.8. The van der Waals surface area contributed by atoms with E-state index in [0.29, 0.717) is 0 Å². The number of halogens is 2. The lowest BCUT2D eigenvalue weighted by molar-refractivity contribution is -0.142. The quantitative estimate of drug-likeness (QED) is 0.763. The van der Waals surface area contributed by atoms with Crippen molar-refractivity contribution in [2.24, 2.45) is 0 Å². The Labute approximate surface area is 166 Å². The van der Waals surface area contributed by atoms with Crippen LogP contribution in [-0.4, -0.2) is 58.8 Å². The van der Waals surface area contributed by atoms with E-state index >= 15 is 0 Å². The summed E-state index contributed by atoms with van der Waals surface area (Å²) in [5, 5.41) is 11.9. The van der Waals surface area contributed by atoms with Gasteiger partial charge in [-0.15, -0.1) is 0 Å². The van der Waals surface area contributed by atoms with Crippen molar-refractivity contribution in [3.63, 3.8) is 0 Å². The number of carbonyl (C=O) groups excluding carboxylic acids is 2. The standard InChI is InChI=1S/C18H22ClFN2O6/c1-18(2,3)28-17(26)22-8-10(6-14(22)16(24)25)21-15(23)9-27-11-4-5-12(19)13(20)7-11/h4-5,7,10,14H,6,8-9H2,1-3H3,(H,21,23)(H,24,25)/t10-,14+/m0/s1. The maximum absolute atomic E-state index is 13.4. The van der Waals surface area contributed by atoms with E-state index < -0.39 is 48.1 Å². The van der Waals surface area contributed by atoms with Gasteiger partial charge in [-0.3, -0.25) is 9.69 Å². The second-order valence-corrected chi connectivity index (χ2v) is 7.76. The van der Waals surface area contributed by atoms with Crippen LogP contribution < -0.4 is 10.1 Å². The SMILES string of the molecule is CC(C)(C)OC(=O)N1C[C@@H](NC(=O)COc2ccc(Cl)c(F)c2)C[C@@H]1C(=O)O. The molecule has 0 aromatic heterocycles. The maximum atomic E-state index is 13.4. The van der Waals surface area contributed by atoms with Crippen molar-refractivity contribution in [1.29, 1.82) is 0 Å². The Morgan fingerprint density at radius 2 is 2.04 bits per heavy atom. The van der Waals surface area contributed by atoms with Crippen LogP contribution in [0.15, 0.2) is 18.2 Å². The zero-order valence-corrected chi connectivity index (χ0v) is 16.5. The minimum Gasteiger partial charge on any atom is -0.484 e. The number of benzene rings is 1. The van der Waals surface area contributed by atoms with Gasteiger partial charge in [-0.25, -0.2) is 14.0 Å². The van der Waals surface area contributed by atoms with Crippen LogP contribution >= 0.6 is 11.6 Å². The minimum atomic E-state index is -1.18. The molecule has 1 fully saturated rings. The van der Waals surface area contributed by atoms with Crippen molar-refractivity contribution < 1.29 is 33.4 Å². The van der Waals surface area contributed by atoms with E-state index in [1.54, 1.807) is 20.8 Å². The van der Waals surface area contributed by atoms with E-state index in [4.69, 9.17) is 21.1 Å². The fraction of sp³-hybridized carbons (Fsp3) is 0.500. The largest absolute Gasteiger partial charge is 0.484 e. The first-order valence-electron chi connectivity index (χ1n) is 8.56. The monoisotopic (exact) mass is 416 g/mol. The number of hydrogen-bond acceptors (Lipinski definition) is 5. The van der Waals surface area contributed by atoms with Crippen LogP contribution in [0.3, 0.4) is 0 Å².